The molecule has 0 aromatic rings. The van der Waals surface area contributed by atoms with E-state index in [-0.39, 0.29) is 0 Å². The molecule has 0 fully saturated rings. The summed E-state index contributed by atoms with van der Waals surface area (Å²) in [6, 6.07) is 0.384. The molecular weight excluding hydrogens is 148 g/mol. The number of nitrogens with one attached hydrogen (secondary N) is 2. The van der Waals surface area contributed by atoms with Crippen LogP contribution < -0.4 is 10.6 Å². The van der Waals surface area contributed by atoms with Gasteiger partial charge in [-0.15, -0.1) is 6.58 Å². The fourth-order valence-corrected chi connectivity index (χ4v) is 1.03. The summed E-state index contributed by atoms with van der Waals surface area (Å²) in [6.45, 7) is 11.5. The molecule has 0 saturated carbocycles. The maximum absolute atomic E-state index is 3.99. The van der Waals surface area contributed by atoms with Crippen LogP contribution in [0.25, 0.3) is 0 Å². The van der Waals surface area contributed by atoms with Crippen LogP contribution in [0.4, 0.5) is 0 Å². The zero-order chi connectivity index (χ0) is 9.40. The molecule has 2 N–H and O–H groups in total. The Hall–Kier alpha value is -0.600. The Kier molecular flexibility index (Phi) is 6.72. The van der Waals surface area contributed by atoms with Crippen LogP contribution in [0.3, 0.4) is 0 Å². The summed E-state index contributed by atoms with van der Waals surface area (Å²) in [5.74, 6) is 0. The van der Waals surface area contributed by atoms with Crippen LogP contribution in [-0.4, -0.2) is 26.2 Å². The fraction of sp³-hybridized carbons (Fsp3) is 0.600. The molecule has 0 saturated heterocycles. The summed E-state index contributed by atoms with van der Waals surface area (Å²) in [7, 11) is 1.96. The van der Waals surface area contributed by atoms with E-state index < -0.39 is 0 Å². The lowest BCUT2D eigenvalue weighted by atomic mass is 10.1. The van der Waals surface area contributed by atoms with Crippen molar-refractivity contribution in [2.45, 2.75) is 19.4 Å². The van der Waals surface area contributed by atoms with Gasteiger partial charge in [0.15, 0.2) is 0 Å². The normalized spacial score (nSPS) is 12.5. The van der Waals surface area contributed by atoms with E-state index in [4.69, 9.17) is 0 Å². The van der Waals surface area contributed by atoms with Crippen LogP contribution in [0, 0.1) is 0 Å². The molecule has 0 aliphatic heterocycles. The molecule has 0 aliphatic rings. The predicted octanol–water partition coefficient (Wildman–Crippen LogP) is 1.32. The van der Waals surface area contributed by atoms with Crippen molar-refractivity contribution in [2.75, 3.05) is 20.1 Å². The third kappa shape index (κ3) is 4.31. The Labute approximate surface area is 75.7 Å². The van der Waals surface area contributed by atoms with E-state index in [0.29, 0.717) is 6.04 Å². The average Bonchev–Trinajstić information content (AvgIpc) is 2.11. The number of rotatable bonds is 7. The highest BCUT2D eigenvalue weighted by atomic mass is 15.0. The molecule has 0 rings (SSSR count). The smallest absolute Gasteiger partial charge is 0.0400 e. The highest BCUT2D eigenvalue weighted by molar-refractivity contribution is 5.05. The summed E-state index contributed by atoms with van der Waals surface area (Å²) in [5.41, 5.74) is 1.24. The maximum Gasteiger partial charge on any atom is 0.0400 e. The van der Waals surface area contributed by atoms with Crippen molar-refractivity contribution >= 4 is 0 Å². The molecule has 0 spiro atoms. The van der Waals surface area contributed by atoms with Crippen LogP contribution in [0.2, 0.25) is 0 Å². The molecule has 0 amide bonds. The van der Waals surface area contributed by atoms with Gasteiger partial charge in [-0.25, -0.2) is 0 Å². The van der Waals surface area contributed by atoms with Crippen LogP contribution in [-0.2, 0) is 0 Å². The molecular formula is C10H20N2. The summed E-state index contributed by atoms with van der Waals surface area (Å²) >= 11 is 0. The second-order valence-corrected chi connectivity index (χ2v) is 2.80. The first-order chi connectivity index (χ1) is 5.76. The Morgan fingerprint density at radius 2 is 2.25 bits per heavy atom. The molecule has 1 atom stereocenters. The van der Waals surface area contributed by atoms with Crippen LogP contribution in [0.15, 0.2) is 24.8 Å². The molecule has 1 unspecified atom stereocenters. The lowest BCUT2D eigenvalue weighted by molar-refractivity contribution is 0.569. The molecule has 70 valence electrons. The quantitative estimate of drug-likeness (QED) is 0.442. The van der Waals surface area contributed by atoms with Gasteiger partial charge in [0, 0.05) is 19.1 Å². The van der Waals surface area contributed by atoms with Crippen LogP contribution >= 0.6 is 0 Å². The highest BCUT2D eigenvalue weighted by Crippen LogP contribution is 2.02. The Morgan fingerprint density at radius 1 is 1.58 bits per heavy atom. The minimum atomic E-state index is 0.384. The maximum atomic E-state index is 3.99. The summed E-state index contributed by atoms with van der Waals surface area (Å²) in [4.78, 5) is 0. The molecule has 0 bridgehead atoms. The molecule has 0 radical (unpaired) electrons. The molecule has 0 heterocycles. The van der Waals surface area contributed by atoms with E-state index in [1.165, 1.54) is 5.57 Å². The largest absolute Gasteiger partial charge is 0.312 e. The van der Waals surface area contributed by atoms with Gasteiger partial charge in [0.1, 0.15) is 0 Å². The standard InChI is InChI=1S/C10H20N2/c1-5-7-12-8-10(11-4)9(3)6-2/h5,10-12H,1,3,6-8H2,2,4H3. The molecule has 0 aromatic carbocycles. The lowest BCUT2D eigenvalue weighted by Crippen LogP contribution is -2.37. The van der Waals surface area contributed by atoms with Gasteiger partial charge in [0.25, 0.3) is 0 Å². The van der Waals surface area contributed by atoms with E-state index in [1.807, 2.05) is 13.1 Å². The van der Waals surface area contributed by atoms with E-state index in [9.17, 15) is 0 Å². The SMILES string of the molecule is C=CCNCC(NC)C(=C)CC. The predicted molar refractivity (Wildman–Crippen MR) is 55.3 cm³/mol. The number of likely N-dealkylation sites (N-methyl/N-ethyl adjacent to an activating group) is 1. The third-order valence-electron chi connectivity index (χ3n) is 1.93. The highest BCUT2D eigenvalue weighted by Gasteiger charge is 2.06. The van der Waals surface area contributed by atoms with E-state index in [2.05, 4.69) is 30.7 Å². The number of hydrogen-bond acceptors (Lipinski definition) is 2. The third-order valence-corrected chi connectivity index (χ3v) is 1.93. The van der Waals surface area contributed by atoms with E-state index in [0.717, 1.165) is 19.5 Å². The lowest BCUT2D eigenvalue weighted by Gasteiger charge is -2.17. The molecule has 2 heteroatoms. The van der Waals surface area contributed by atoms with Gasteiger partial charge < -0.3 is 10.6 Å². The summed E-state index contributed by atoms with van der Waals surface area (Å²) in [6.07, 6.45) is 2.89. The van der Waals surface area contributed by atoms with Gasteiger partial charge >= 0.3 is 0 Å². The monoisotopic (exact) mass is 168 g/mol. The Bertz CT molecular complexity index is 141. The van der Waals surface area contributed by atoms with Gasteiger partial charge in [0.2, 0.25) is 0 Å². The summed E-state index contributed by atoms with van der Waals surface area (Å²) < 4.78 is 0. The van der Waals surface area contributed by atoms with Gasteiger partial charge in [-0.1, -0.05) is 25.2 Å². The minimum absolute atomic E-state index is 0.384. The minimum Gasteiger partial charge on any atom is -0.312 e. The van der Waals surface area contributed by atoms with Crippen LogP contribution in [0.5, 0.6) is 0 Å². The van der Waals surface area contributed by atoms with Gasteiger partial charge in [-0.3, -0.25) is 0 Å². The zero-order valence-corrected chi connectivity index (χ0v) is 8.19. The van der Waals surface area contributed by atoms with E-state index >= 15 is 0 Å². The van der Waals surface area contributed by atoms with Gasteiger partial charge in [0.05, 0.1) is 0 Å². The van der Waals surface area contributed by atoms with Crippen molar-refractivity contribution < 1.29 is 0 Å². The first-order valence-electron chi connectivity index (χ1n) is 4.42. The van der Waals surface area contributed by atoms with Crippen molar-refractivity contribution in [3.05, 3.63) is 24.8 Å². The average molecular weight is 168 g/mol. The molecule has 12 heavy (non-hydrogen) atoms. The van der Waals surface area contributed by atoms with Crippen molar-refractivity contribution in [1.29, 1.82) is 0 Å². The second kappa shape index (κ2) is 7.07. The van der Waals surface area contributed by atoms with Gasteiger partial charge in [-0.2, -0.15) is 0 Å². The van der Waals surface area contributed by atoms with Crippen LogP contribution in [0.1, 0.15) is 13.3 Å². The Balaban J connectivity index is 3.66. The first-order valence-corrected chi connectivity index (χ1v) is 4.42. The Morgan fingerprint density at radius 3 is 2.67 bits per heavy atom. The van der Waals surface area contributed by atoms with Crippen molar-refractivity contribution in [3.8, 4) is 0 Å². The second-order valence-electron chi connectivity index (χ2n) is 2.80. The topological polar surface area (TPSA) is 24.1 Å². The zero-order valence-electron chi connectivity index (χ0n) is 8.19. The molecule has 0 aliphatic carbocycles. The fourth-order valence-electron chi connectivity index (χ4n) is 1.03. The molecule has 0 aromatic heterocycles. The molecule has 2 nitrogen and oxygen atoms in total. The van der Waals surface area contributed by atoms with Crippen molar-refractivity contribution in [3.63, 3.8) is 0 Å². The first kappa shape index (κ1) is 11.4. The van der Waals surface area contributed by atoms with Gasteiger partial charge in [-0.05, 0) is 13.5 Å². The van der Waals surface area contributed by atoms with Crippen molar-refractivity contribution in [1.82, 2.24) is 10.6 Å². The van der Waals surface area contributed by atoms with Crippen molar-refractivity contribution in [2.24, 2.45) is 0 Å². The van der Waals surface area contributed by atoms with E-state index in [1.54, 1.807) is 0 Å². The number of hydrogen-bond donors (Lipinski definition) is 2. The summed E-state index contributed by atoms with van der Waals surface area (Å²) in [5, 5.41) is 6.48.